The minimum absolute atomic E-state index is 0.0754. The van der Waals surface area contributed by atoms with Crippen LogP contribution in [0.4, 0.5) is 22.0 Å². The fraction of sp³-hybridized carbons (Fsp3) is 0.250. The molecule has 21 heavy (non-hydrogen) atoms. The molecule has 5 heteroatoms. The van der Waals surface area contributed by atoms with Gasteiger partial charge in [0.2, 0.25) is 0 Å². The number of hydrogen-bond donors (Lipinski definition) is 0. The van der Waals surface area contributed by atoms with Crippen molar-refractivity contribution in [3.63, 3.8) is 0 Å². The Bertz CT molecular complexity index is 636. The monoisotopic (exact) mass is 300 g/mol. The van der Waals surface area contributed by atoms with Crippen LogP contribution in [0.15, 0.2) is 36.4 Å². The highest BCUT2D eigenvalue weighted by molar-refractivity contribution is 5.69. The molecule has 0 bridgehead atoms. The van der Waals surface area contributed by atoms with Crippen LogP contribution in [-0.2, 0) is 6.18 Å². The molecule has 0 aliphatic rings. The molecule has 2 aromatic carbocycles. The van der Waals surface area contributed by atoms with Crippen molar-refractivity contribution in [3.05, 3.63) is 59.2 Å². The Hall–Kier alpha value is -1.91. The van der Waals surface area contributed by atoms with Crippen LogP contribution in [0.25, 0.3) is 11.1 Å². The zero-order chi connectivity index (χ0) is 15.8. The van der Waals surface area contributed by atoms with Gasteiger partial charge in [-0.3, -0.25) is 0 Å². The lowest BCUT2D eigenvalue weighted by atomic mass is 9.91. The highest BCUT2D eigenvalue weighted by Gasteiger charge is 2.31. The van der Waals surface area contributed by atoms with Crippen LogP contribution < -0.4 is 0 Å². The van der Waals surface area contributed by atoms with Crippen molar-refractivity contribution in [2.24, 2.45) is 0 Å². The molecule has 0 N–H and O–H groups in total. The molecule has 0 aliphatic carbocycles. The molecule has 0 aromatic heterocycles. The Labute approximate surface area is 119 Å². The first-order valence-electron chi connectivity index (χ1n) is 6.36. The predicted molar refractivity (Wildman–Crippen MR) is 70.9 cm³/mol. The molecule has 0 saturated carbocycles. The molecule has 0 atom stereocenters. The van der Waals surface area contributed by atoms with Gasteiger partial charge in [0.05, 0.1) is 5.56 Å². The highest BCUT2D eigenvalue weighted by atomic mass is 19.4. The second-order valence-electron chi connectivity index (χ2n) is 5.11. The smallest absolute Gasteiger partial charge is 0.207 e. The third-order valence-electron chi connectivity index (χ3n) is 3.18. The quantitative estimate of drug-likeness (QED) is 0.617. The molecular formula is C16H13F5. The van der Waals surface area contributed by atoms with Crippen molar-refractivity contribution < 1.29 is 22.0 Å². The Morgan fingerprint density at radius 3 is 1.90 bits per heavy atom. The molecule has 2 rings (SSSR count). The molecule has 0 spiro atoms. The van der Waals surface area contributed by atoms with Crippen LogP contribution >= 0.6 is 0 Å². The van der Waals surface area contributed by atoms with Crippen LogP contribution in [-0.4, -0.2) is 0 Å². The summed E-state index contributed by atoms with van der Waals surface area (Å²) in [6.45, 7) is 3.61. The van der Waals surface area contributed by atoms with E-state index in [4.69, 9.17) is 0 Å². The van der Waals surface area contributed by atoms with E-state index in [1.807, 2.05) is 13.8 Å². The van der Waals surface area contributed by atoms with Crippen molar-refractivity contribution in [1.82, 2.24) is 0 Å². The van der Waals surface area contributed by atoms with Crippen LogP contribution in [0.5, 0.6) is 0 Å². The lowest BCUT2D eigenvalue weighted by molar-refractivity contribution is -0.137. The standard InChI is InChI=1S/C16H13F5/c1-9(2)14-4-3-11(16(19,20)21)7-15(14)10-5-12(17)8-13(18)6-10/h3-9H,1-2H3. The first kappa shape index (κ1) is 15.5. The fourth-order valence-electron chi connectivity index (χ4n) is 2.20. The third kappa shape index (κ3) is 3.40. The zero-order valence-electron chi connectivity index (χ0n) is 11.4. The maximum Gasteiger partial charge on any atom is 0.416 e. The second kappa shape index (κ2) is 5.47. The number of hydrogen-bond acceptors (Lipinski definition) is 0. The zero-order valence-corrected chi connectivity index (χ0v) is 11.4. The molecular weight excluding hydrogens is 287 g/mol. The van der Waals surface area contributed by atoms with Crippen molar-refractivity contribution >= 4 is 0 Å². The van der Waals surface area contributed by atoms with E-state index in [9.17, 15) is 22.0 Å². The molecule has 0 amide bonds. The Kier molecular flexibility index (Phi) is 4.03. The van der Waals surface area contributed by atoms with Crippen LogP contribution in [0, 0.1) is 11.6 Å². The topological polar surface area (TPSA) is 0 Å². The normalized spacial score (nSPS) is 12.0. The number of benzene rings is 2. The van der Waals surface area contributed by atoms with Crippen molar-refractivity contribution in [1.29, 1.82) is 0 Å². The van der Waals surface area contributed by atoms with Gasteiger partial charge in [0, 0.05) is 6.07 Å². The molecule has 0 radical (unpaired) electrons. The molecule has 0 heterocycles. The molecule has 0 unspecified atom stereocenters. The van der Waals surface area contributed by atoms with Gasteiger partial charge in [-0.15, -0.1) is 0 Å². The number of rotatable bonds is 2. The largest absolute Gasteiger partial charge is 0.416 e. The summed E-state index contributed by atoms with van der Waals surface area (Å²) in [6.07, 6.45) is -4.50. The first-order valence-corrected chi connectivity index (χ1v) is 6.36. The lowest BCUT2D eigenvalue weighted by Crippen LogP contribution is -2.06. The molecule has 2 aromatic rings. The summed E-state index contributed by atoms with van der Waals surface area (Å²) in [5, 5.41) is 0. The molecule has 0 fully saturated rings. The summed E-state index contributed by atoms with van der Waals surface area (Å²) in [6, 6.07) is 6.02. The Morgan fingerprint density at radius 2 is 1.43 bits per heavy atom. The van der Waals surface area contributed by atoms with E-state index in [1.165, 1.54) is 6.07 Å². The van der Waals surface area contributed by atoms with Crippen LogP contribution in [0.2, 0.25) is 0 Å². The fourth-order valence-corrected chi connectivity index (χ4v) is 2.20. The van der Waals surface area contributed by atoms with Gasteiger partial charge in [-0.25, -0.2) is 8.78 Å². The molecule has 0 nitrogen and oxygen atoms in total. The third-order valence-corrected chi connectivity index (χ3v) is 3.18. The molecule has 112 valence electrons. The van der Waals surface area contributed by atoms with Crippen molar-refractivity contribution in [2.45, 2.75) is 25.9 Å². The maximum absolute atomic E-state index is 13.3. The van der Waals surface area contributed by atoms with Crippen molar-refractivity contribution in [3.8, 4) is 11.1 Å². The summed E-state index contributed by atoms with van der Waals surface area (Å²) in [4.78, 5) is 0. The number of halogens is 5. The summed E-state index contributed by atoms with van der Waals surface area (Å²) in [5.41, 5.74) is 0.0556. The Balaban J connectivity index is 2.68. The highest BCUT2D eigenvalue weighted by Crippen LogP contribution is 2.36. The molecule has 0 aliphatic heterocycles. The summed E-state index contributed by atoms with van der Waals surface area (Å²) >= 11 is 0. The lowest BCUT2D eigenvalue weighted by Gasteiger charge is -2.16. The van der Waals surface area contributed by atoms with E-state index >= 15 is 0 Å². The van der Waals surface area contributed by atoms with Gasteiger partial charge in [-0.1, -0.05) is 19.9 Å². The average Bonchev–Trinajstić information content (AvgIpc) is 2.35. The SMILES string of the molecule is CC(C)c1ccc(C(F)(F)F)cc1-c1cc(F)cc(F)c1. The summed E-state index contributed by atoms with van der Waals surface area (Å²) < 4.78 is 65.1. The summed E-state index contributed by atoms with van der Waals surface area (Å²) in [5.74, 6) is -1.72. The van der Waals surface area contributed by atoms with E-state index in [0.29, 0.717) is 11.6 Å². The van der Waals surface area contributed by atoms with Gasteiger partial charge in [0.25, 0.3) is 0 Å². The van der Waals surface area contributed by atoms with Gasteiger partial charge in [0.1, 0.15) is 11.6 Å². The maximum atomic E-state index is 13.3. The predicted octanol–water partition coefficient (Wildman–Crippen LogP) is 5.77. The van der Waals surface area contributed by atoms with E-state index < -0.39 is 23.4 Å². The first-order chi connectivity index (χ1) is 9.68. The van der Waals surface area contributed by atoms with E-state index in [-0.39, 0.29) is 17.0 Å². The second-order valence-corrected chi connectivity index (χ2v) is 5.11. The van der Waals surface area contributed by atoms with Gasteiger partial charge in [-0.05, 0) is 46.9 Å². The minimum atomic E-state index is -4.50. The van der Waals surface area contributed by atoms with Crippen LogP contribution in [0.1, 0.15) is 30.9 Å². The Morgan fingerprint density at radius 1 is 0.857 bits per heavy atom. The van der Waals surface area contributed by atoms with Gasteiger partial charge >= 0.3 is 6.18 Å². The minimum Gasteiger partial charge on any atom is -0.207 e. The van der Waals surface area contributed by atoms with E-state index in [0.717, 1.165) is 24.3 Å². The van der Waals surface area contributed by atoms with Gasteiger partial charge in [0.15, 0.2) is 0 Å². The van der Waals surface area contributed by atoms with E-state index in [2.05, 4.69) is 0 Å². The van der Waals surface area contributed by atoms with Gasteiger partial charge in [-0.2, -0.15) is 13.2 Å². The summed E-state index contributed by atoms with van der Waals surface area (Å²) in [7, 11) is 0. The van der Waals surface area contributed by atoms with Gasteiger partial charge < -0.3 is 0 Å². The van der Waals surface area contributed by atoms with E-state index in [1.54, 1.807) is 0 Å². The molecule has 0 saturated heterocycles. The van der Waals surface area contributed by atoms with Crippen molar-refractivity contribution in [2.75, 3.05) is 0 Å². The average molecular weight is 300 g/mol. The number of alkyl halides is 3. The van der Waals surface area contributed by atoms with Crippen LogP contribution in [0.3, 0.4) is 0 Å².